The summed E-state index contributed by atoms with van der Waals surface area (Å²) in [7, 11) is -0.639. The quantitative estimate of drug-likeness (QED) is 0.684. The smallest absolute Gasteiger partial charge is 0.253 e. The predicted molar refractivity (Wildman–Crippen MR) is 114 cm³/mol. The van der Waals surface area contributed by atoms with E-state index >= 15 is 0 Å². The third kappa shape index (κ3) is 5.38. The lowest BCUT2D eigenvalue weighted by molar-refractivity contribution is 0.0952. The summed E-state index contributed by atoms with van der Waals surface area (Å²) < 4.78 is 31.7. The summed E-state index contributed by atoms with van der Waals surface area (Å²) in [5.74, 6) is -0.237. The number of nitrogens with zero attached hydrogens (tertiary/aromatic N) is 2. The van der Waals surface area contributed by atoms with Crippen LogP contribution in [0.15, 0.2) is 34.7 Å². The van der Waals surface area contributed by atoms with Gasteiger partial charge in [0.05, 0.1) is 23.7 Å². The van der Waals surface area contributed by atoms with Gasteiger partial charge in [0.15, 0.2) is 0 Å². The number of rotatable bonds is 7. The largest absolute Gasteiger partial charge is 0.378 e. The summed E-state index contributed by atoms with van der Waals surface area (Å²) in [5.41, 5.74) is 2.54. The lowest BCUT2D eigenvalue weighted by atomic mass is 9.97. The van der Waals surface area contributed by atoms with Crippen molar-refractivity contribution in [2.45, 2.75) is 37.0 Å². The Morgan fingerprint density at radius 1 is 1.21 bits per heavy atom. The summed E-state index contributed by atoms with van der Waals surface area (Å²) in [4.78, 5) is 15.2. The minimum Gasteiger partial charge on any atom is -0.378 e. The van der Waals surface area contributed by atoms with Crippen LogP contribution in [0.3, 0.4) is 0 Å². The van der Waals surface area contributed by atoms with Crippen molar-refractivity contribution in [2.24, 2.45) is 0 Å². The van der Waals surface area contributed by atoms with E-state index in [9.17, 15) is 13.2 Å². The highest BCUT2D eigenvalue weighted by atomic mass is 32.2. The third-order valence-electron chi connectivity index (χ3n) is 5.46. The maximum atomic E-state index is 13.0. The molecule has 1 aliphatic carbocycles. The number of ether oxygens (including phenoxy) is 1. The number of carbonyl (C=O) groups excluding carboxylic acids is 1. The van der Waals surface area contributed by atoms with Crippen LogP contribution in [0.25, 0.3) is 0 Å². The van der Waals surface area contributed by atoms with Crippen molar-refractivity contribution in [2.75, 3.05) is 51.8 Å². The Bertz CT molecular complexity index is 859. The van der Waals surface area contributed by atoms with Gasteiger partial charge in [0.1, 0.15) is 0 Å². The molecule has 160 valence electrons. The maximum Gasteiger partial charge on any atom is 0.253 e. The highest BCUT2D eigenvalue weighted by Gasteiger charge is 2.24. The molecule has 0 atom stereocenters. The second-order valence-corrected chi connectivity index (χ2v) is 9.83. The monoisotopic (exact) mass is 421 g/mol. The summed E-state index contributed by atoms with van der Waals surface area (Å²) in [5, 5.41) is 2.99. The van der Waals surface area contributed by atoms with Gasteiger partial charge in [0.25, 0.3) is 5.91 Å². The van der Waals surface area contributed by atoms with Gasteiger partial charge in [-0.05, 0) is 50.3 Å². The SMILES string of the molecule is CN(C)S(=O)(=O)c1ccc(N2CCOCC2)c(C(=O)NCCC2=CCCCC2)c1. The number of benzene rings is 1. The molecule has 29 heavy (non-hydrogen) atoms. The zero-order valence-corrected chi connectivity index (χ0v) is 18.1. The Kier molecular flexibility index (Phi) is 7.32. The van der Waals surface area contributed by atoms with Crippen LogP contribution in [-0.4, -0.2) is 65.6 Å². The summed E-state index contributed by atoms with van der Waals surface area (Å²) in [6.07, 6.45) is 7.80. The van der Waals surface area contributed by atoms with Crippen LogP contribution in [0.2, 0.25) is 0 Å². The van der Waals surface area contributed by atoms with Crippen LogP contribution in [0.4, 0.5) is 5.69 Å². The van der Waals surface area contributed by atoms with Crippen molar-refractivity contribution in [1.82, 2.24) is 9.62 Å². The van der Waals surface area contributed by atoms with E-state index in [2.05, 4.69) is 16.3 Å². The van der Waals surface area contributed by atoms with Crippen LogP contribution in [0.5, 0.6) is 0 Å². The fourth-order valence-corrected chi connectivity index (χ4v) is 4.64. The van der Waals surface area contributed by atoms with Gasteiger partial charge < -0.3 is 15.0 Å². The molecule has 0 bridgehead atoms. The predicted octanol–water partition coefficient (Wildman–Crippen LogP) is 2.39. The van der Waals surface area contributed by atoms with Crippen LogP contribution < -0.4 is 10.2 Å². The molecule has 2 aliphatic rings. The molecule has 1 amide bonds. The van der Waals surface area contributed by atoms with Crippen LogP contribution in [0.1, 0.15) is 42.5 Å². The first-order valence-corrected chi connectivity index (χ1v) is 11.7. The summed E-state index contributed by atoms with van der Waals surface area (Å²) >= 11 is 0. The van der Waals surface area contributed by atoms with Gasteiger partial charge in [0.2, 0.25) is 10.0 Å². The fourth-order valence-electron chi connectivity index (χ4n) is 3.71. The zero-order chi connectivity index (χ0) is 20.9. The third-order valence-corrected chi connectivity index (χ3v) is 7.27. The number of nitrogens with one attached hydrogen (secondary N) is 1. The Morgan fingerprint density at radius 3 is 2.62 bits per heavy atom. The number of hydrogen-bond acceptors (Lipinski definition) is 5. The van der Waals surface area contributed by atoms with Gasteiger partial charge in [-0.1, -0.05) is 11.6 Å². The molecule has 8 heteroatoms. The Balaban J connectivity index is 1.81. The lowest BCUT2D eigenvalue weighted by Gasteiger charge is -2.30. The molecule has 1 fully saturated rings. The molecule has 0 saturated carbocycles. The number of amides is 1. The van der Waals surface area contributed by atoms with E-state index in [1.54, 1.807) is 12.1 Å². The van der Waals surface area contributed by atoms with Crippen molar-refractivity contribution in [3.63, 3.8) is 0 Å². The van der Waals surface area contributed by atoms with Gasteiger partial charge in [-0.15, -0.1) is 0 Å². The molecule has 1 aliphatic heterocycles. The molecule has 1 saturated heterocycles. The Labute approximate surface area is 173 Å². The van der Waals surface area contributed by atoms with E-state index in [-0.39, 0.29) is 10.8 Å². The topological polar surface area (TPSA) is 79.0 Å². The fraction of sp³-hybridized carbons (Fsp3) is 0.571. The van der Waals surface area contributed by atoms with E-state index in [1.807, 2.05) is 0 Å². The highest BCUT2D eigenvalue weighted by Crippen LogP contribution is 2.26. The maximum absolute atomic E-state index is 13.0. The Morgan fingerprint density at radius 2 is 1.97 bits per heavy atom. The van der Waals surface area contributed by atoms with Crippen molar-refractivity contribution in [3.05, 3.63) is 35.4 Å². The number of carbonyl (C=O) groups is 1. The average molecular weight is 422 g/mol. The van der Waals surface area contributed by atoms with E-state index in [0.29, 0.717) is 38.4 Å². The minimum atomic E-state index is -3.62. The number of allylic oxidation sites excluding steroid dienone is 1. The molecule has 1 heterocycles. The molecule has 3 rings (SSSR count). The lowest BCUT2D eigenvalue weighted by Crippen LogP contribution is -2.38. The molecular weight excluding hydrogens is 390 g/mol. The normalized spacial score (nSPS) is 17.9. The van der Waals surface area contributed by atoms with Crippen molar-refractivity contribution in [1.29, 1.82) is 0 Å². The zero-order valence-electron chi connectivity index (χ0n) is 17.3. The molecule has 1 N–H and O–H groups in total. The molecule has 1 aromatic rings. The minimum absolute atomic E-state index is 0.125. The Hall–Kier alpha value is -1.90. The first-order chi connectivity index (χ1) is 13.9. The number of morpholine rings is 1. The average Bonchev–Trinajstić information content (AvgIpc) is 2.74. The van der Waals surface area contributed by atoms with E-state index in [1.165, 1.54) is 38.6 Å². The van der Waals surface area contributed by atoms with Crippen LogP contribution in [0, 0.1) is 0 Å². The highest BCUT2D eigenvalue weighted by molar-refractivity contribution is 7.89. The standard InChI is InChI=1S/C21H31N3O4S/c1-23(2)29(26,27)18-8-9-20(24-12-14-28-15-13-24)19(16-18)21(25)22-11-10-17-6-4-3-5-7-17/h6,8-9,16H,3-5,7,10-15H2,1-2H3,(H,22,25). The number of sulfonamides is 1. The van der Waals surface area contributed by atoms with Crippen LogP contribution in [-0.2, 0) is 14.8 Å². The molecule has 0 spiro atoms. The van der Waals surface area contributed by atoms with E-state index in [4.69, 9.17) is 4.74 Å². The van der Waals surface area contributed by atoms with Crippen molar-refractivity contribution < 1.29 is 17.9 Å². The molecule has 0 aromatic heterocycles. The van der Waals surface area contributed by atoms with Crippen molar-refractivity contribution in [3.8, 4) is 0 Å². The second-order valence-electron chi connectivity index (χ2n) is 7.68. The van der Waals surface area contributed by atoms with Gasteiger partial charge >= 0.3 is 0 Å². The molecular formula is C21H31N3O4S. The van der Waals surface area contributed by atoms with Crippen LogP contribution >= 0.6 is 0 Å². The first-order valence-electron chi connectivity index (χ1n) is 10.2. The summed E-state index contributed by atoms with van der Waals surface area (Å²) in [6.45, 7) is 3.08. The summed E-state index contributed by atoms with van der Waals surface area (Å²) in [6, 6.07) is 4.80. The van der Waals surface area contributed by atoms with Crippen molar-refractivity contribution >= 4 is 21.6 Å². The number of hydrogen-bond donors (Lipinski definition) is 1. The molecule has 0 radical (unpaired) electrons. The molecule has 0 unspecified atom stereocenters. The molecule has 1 aromatic carbocycles. The van der Waals surface area contributed by atoms with Gasteiger partial charge in [-0.3, -0.25) is 4.79 Å². The number of anilines is 1. The van der Waals surface area contributed by atoms with E-state index < -0.39 is 10.0 Å². The molecule has 7 nitrogen and oxygen atoms in total. The van der Waals surface area contributed by atoms with Gasteiger partial charge in [-0.2, -0.15) is 0 Å². The van der Waals surface area contributed by atoms with Gasteiger partial charge in [-0.25, -0.2) is 12.7 Å². The van der Waals surface area contributed by atoms with Gasteiger partial charge in [0, 0.05) is 39.4 Å². The first kappa shape index (κ1) is 21.8. The second kappa shape index (κ2) is 9.73. The van der Waals surface area contributed by atoms with E-state index in [0.717, 1.165) is 29.3 Å².